The largest absolute Gasteiger partial charge is 0.495 e. The van der Waals surface area contributed by atoms with Crippen LogP contribution >= 0.6 is 0 Å². The van der Waals surface area contributed by atoms with Gasteiger partial charge in [0.15, 0.2) is 0 Å². The third-order valence-corrected chi connectivity index (χ3v) is 3.75. The normalized spacial score (nSPS) is 11.6. The van der Waals surface area contributed by atoms with Gasteiger partial charge in [-0.1, -0.05) is 43.7 Å². The summed E-state index contributed by atoms with van der Waals surface area (Å²) < 4.78 is 5.19. The summed E-state index contributed by atoms with van der Waals surface area (Å²) in [5.41, 5.74) is 1.12. The Labute approximate surface area is 140 Å². The highest BCUT2D eigenvalue weighted by molar-refractivity contribution is 5.97. The van der Waals surface area contributed by atoms with Crippen LogP contribution in [0.1, 0.15) is 31.2 Å². The zero-order chi connectivity index (χ0) is 17.5. The van der Waals surface area contributed by atoms with Crippen molar-refractivity contribution in [1.29, 1.82) is 0 Å². The lowest BCUT2D eigenvalue weighted by molar-refractivity contribution is -0.384. The van der Waals surface area contributed by atoms with E-state index in [0.717, 1.165) is 12.0 Å². The van der Waals surface area contributed by atoms with Crippen LogP contribution in [0.25, 0.3) is 0 Å². The van der Waals surface area contributed by atoms with E-state index in [1.807, 2.05) is 37.3 Å². The molecule has 6 heteroatoms. The van der Waals surface area contributed by atoms with Crippen LogP contribution in [0.3, 0.4) is 0 Å². The molecule has 2 rings (SSSR count). The monoisotopic (exact) mass is 328 g/mol. The lowest BCUT2D eigenvalue weighted by Gasteiger charge is -2.17. The molecule has 2 aromatic rings. The maximum Gasteiger partial charge on any atom is 0.271 e. The quantitative estimate of drug-likeness (QED) is 0.612. The van der Waals surface area contributed by atoms with E-state index < -0.39 is 4.92 Å². The molecule has 1 unspecified atom stereocenters. The average Bonchev–Trinajstić information content (AvgIpc) is 2.60. The van der Waals surface area contributed by atoms with Gasteiger partial charge >= 0.3 is 0 Å². The average molecular weight is 328 g/mol. The Morgan fingerprint density at radius 2 is 1.96 bits per heavy atom. The first-order chi connectivity index (χ1) is 11.6. The molecule has 0 aromatic heterocycles. The summed E-state index contributed by atoms with van der Waals surface area (Å²) in [4.78, 5) is 23.2. The Kier molecular flexibility index (Phi) is 5.89. The van der Waals surface area contributed by atoms with Gasteiger partial charge in [0.25, 0.3) is 5.69 Å². The number of ether oxygens (including phenoxy) is 1. The second kappa shape index (κ2) is 8.10. The molecule has 0 saturated heterocycles. The van der Waals surface area contributed by atoms with Crippen molar-refractivity contribution in [3.05, 3.63) is 64.2 Å². The molecule has 1 N–H and O–H groups in total. The van der Waals surface area contributed by atoms with Crippen molar-refractivity contribution in [2.45, 2.75) is 25.7 Å². The summed E-state index contributed by atoms with van der Waals surface area (Å²) in [6.07, 6.45) is 1.53. The number of hydrogen-bond acceptors (Lipinski definition) is 4. The number of carbonyl (C=O) groups excluding carboxylic acids is 1. The van der Waals surface area contributed by atoms with Crippen molar-refractivity contribution in [2.24, 2.45) is 0 Å². The molecule has 0 saturated carbocycles. The number of hydrogen-bond donors (Lipinski definition) is 1. The Balaban J connectivity index is 2.29. The smallest absolute Gasteiger partial charge is 0.271 e. The van der Waals surface area contributed by atoms with Gasteiger partial charge < -0.3 is 10.1 Å². The molecular weight excluding hydrogens is 308 g/mol. The van der Waals surface area contributed by atoms with Crippen molar-refractivity contribution in [2.75, 3.05) is 12.4 Å². The highest BCUT2D eigenvalue weighted by atomic mass is 16.6. The highest BCUT2D eigenvalue weighted by Gasteiger charge is 2.22. The van der Waals surface area contributed by atoms with E-state index in [1.165, 1.54) is 25.3 Å². The first kappa shape index (κ1) is 17.5. The molecule has 6 nitrogen and oxygen atoms in total. The maximum atomic E-state index is 12.7. The minimum Gasteiger partial charge on any atom is -0.495 e. The molecule has 1 amide bonds. The zero-order valence-corrected chi connectivity index (χ0v) is 13.7. The number of nitro groups is 1. The van der Waals surface area contributed by atoms with Crippen LogP contribution in [0, 0.1) is 10.1 Å². The van der Waals surface area contributed by atoms with E-state index in [9.17, 15) is 14.9 Å². The summed E-state index contributed by atoms with van der Waals surface area (Å²) >= 11 is 0. The fourth-order valence-electron chi connectivity index (χ4n) is 2.55. The van der Waals surface area contributed by atoms with Crippen LogP contribution in [0.4, 0.5) is 11.4 Å². The number of methoxy groups -OCH3 is 1. The maximum absolute atomic E-state index is 12.7. The Bertz CT molecular complexity index is 716. The topological polar surface area (TPSA) is 81.5 Å². The lowest BCUT2D eigenvalue weighted by Crippen LogP contribution is -2.21. The second-order valence-corrected chi connectivity index (χ2v) is 5.38. The van der Waals surface area contributed by atoms with Crippen molar-refractivity contribution in [3.63, 3.8) is 0 Å². The summed E-state index contributed by atoms with van der Waals surface area (Å²) in [5, 5.41) is 13.7. The molecule has 0 fully saturated rings. The van der Waals surface area contributed by atoms with Crippen LogP contribution in [-0.4, -0.2) is 17.9 Å². The van der Waals surface area contributed by atoms with Crippen molar-refractivity contribution in [3.8, 4) is 5.75 Å². The molecule has 0 aliphatic heterocycles. The first-order valence-electron chi connectivity index (χ1n) is 7.75. The third kappa shape index (κ3) is 4.10. The standard InChI is InChI=1S/C18H20N2O4/c1-3-7-15(13-8-5-4-6-9-13)18(21)19-16-12-14(20(22)23)10-11-17(16)24-2/h4-6,8-12,15H,3,7H2,1-2H3,(H,19,21). The van der Waals surface area contributed by atoms with Gasteiger partial charge in [-0.3, -0.25) is 14.9 Å². The summed E-state index contributed by atoms with van der Waals surface area (Å²) in [7, 11) is 1.46. The lowest BCUT2D eigenvalue weighted by atomic mass is 9.93. The fourth-order valence-corrected chi connectivity index (χ4v) is 2.55. The number of rotatable bonds is 7. The van der Waals surface area contributed by atoms with E-state index in [2.05, 4.69) is 5.32 Å². The van der Waals surface area contributed by atoms with E-state index in [1.54, 1.807) is 0 Å². The molecule has 0 radical (unpaired) electrons. The molecule has 0 bridgehead atoms. The number of nitro benzene ring substituents is 1. The number of anilines is 1. The van der Waals surface area contributed by atoms with Gasteiger partial charge in [-0.2, -0.15) is 0 Å². The van der Waals surface area contributed by atoms with Gasteiger partial charge in [-0.15, -0.1) is 0 Å². The summed E-state index contributed by atoms with van der Waals surface area (Å²) in [5.74, 6) is -0.140. The molecule has 0 aliphatic carbocycles. The summed E-state index contributed by atoms with van der Waals surface area (Å²) in [6.45, 7) is 2.01. The van der Waals surface area contributed by atoms with Gasteiger partial charge in [0.2, 0.25) is 5.91 Å². The molecule has 0 aliphatic rings. The van der Waals surface area contributed by atoms with Crippen LogP contribution in [0.5, 0.6) is 5.75 Å². The van der Waals surface area contributed by atoms with Crippen LogP contribution in [0.2, 0.25) is 0 Å². The van der Waals surface area contributed by atoms with Gasteiger partial charge in [-0.25, -0.2) is 0 Å². The van der Waals surface area contributed by atoms with Gasteiger partial charge in [0.1, 0.15) is 5.75 Å². The molecule has 0 spiro atoms. The molecule has 126 valence electrons. The number of amides is 1. The number of nitrogens with zero attached hydrogens (tertiary/aromatic N) is 1. The third-order valence-electron chi connectivity index (χ3n) is 3.75. The predicted molar refractivity (Wildman–Crippen MR) is 92.4 cm³/mol. The molecule has 0 heterocycles. The summed E-state index contributed by atoms with van der Waals surface area (Å²) in [6, 6.07) is 13.6. The number of benzene rings is 2. The van der Waals surface area contributed by atoms with Crippen LogP contribution in [-0.2, 0) is 4.79 Å². The van der Waals surface area contributed by atoms with E-state index in [4.69, 9.17) is 4.74 Å². The molecule has 1 atom stereocenters. The Hall–Kier alpha value is -2.89. The number of non-ortho nitro benzene ring substituents is 1. The van der Waals surface area contributed by atoms with E-state index >= 15 is 0 Å². The second-order valence-electron chi connectivity index (χ2n) is 5.38. The van der Waals surface area contributed by atoms with Crippen molar-refractivity contribution in [1.82, 2.24) is 0 Å². The SMILES string of the molecule is CCCC(C(=O)Nc1cc([N+](=O)[O-])ccc1OC)c1ccccc1. The fraction of sp³-hybridized carbons (Fsp3) is 0.278. The van der Waals surface area contributed by atoms with Crippen LogP contribution in [0.15, 0.2) is 48.5 Å². The molecular formula is C18H20N2O4. The zero-order valence-electron chi connectivity index (χ0n) is 13.7. The predicted octanol–water partition coefficient (Wildman–Crippen LogP) is 4.13. The number of carbonyl (C=O) groups is 1. The minimum atomic E-state index is -0.504. The van der Waals surface area contributed by atoms with Gasteiger partial charge in [-0.05, 0) is 18.1 Å². The Morgan fingerprint density at radius 1 is 1.25 bits per heavy atom. The molecule has 2 aromatic carbocycles. The van der Waals surface area contributed by atoms with Crippen molar-refractivity contribution < 1.29 is 14.5 Å². The highest BCUT2D eigenvalue weighted by Crippen LogP contribution is 2.31. The molecule has 24 heavy (non-hydrogen) atoms. The Morgan fingerprint density at radius 3 is 2.54 bits per heavy atom. The van der Waals surface area contributed by atoms with E-state index in [-0.39, 0.29) is 17.5 Å². The first-order valence-corrected chi connectivity index (χ1v) is 7.75. The number of nitrogens with one attached hydrogen (secondary N) is 1. The van der Waals surface area contributed by atoms with Crippen LogP contribution < -0.4 is 10.1 Å². The van der Waals surface area contributed by atoms with Gasteiger partial charge in [0.05, 0.1) is 23.6 Å². The van der Waals surface area contributed by atoms with E-state index in [0.29, 0.717) is 17.9 Å². The van der Waals surface area contributed by atoms with Gasteiger partial charge in [0, 0.05) is 12.1 Å². The minimum absolute atomic E-state index is 0.0992. The van der Waals surface area contributed by atoms with Crippen molar-refractivity contribution >= 4 is 17.3 Å².